The molecule has 2 aromatic rings. The molecule has 1 amide bonds. The molecule has 0 radical (unpaired) electrons. The minimum Gasteiger partial charge on any atom is -0.290 e. The maximum Gasteiger partial charge on any atom is 0.266 e. The maximum atomic E-state index is 11.2. The molecule has 1 heterocycles. The van der Waals surface area contributed by atoms with E-state index in [1.165, 1.54) is 6.20 Å². The Morgan fingerprint density at radius 3 is 2.74 bits per heavy atom. The second-order valence-corrected chi connectivity index (χ2v) is 5.16. The van der Waals surface area contributed by atoms with Crippen molar-refractivity contribution in [2.24, 2.45) is 5.84 Å². The normalized spacial score (nSPS) is 10.2. The molecule has 1 aromatic heterocycles. The molecule has 4 nitrogen and oxygen atoms in total. The third kappa shape index (κ3) is 3.70. The quantitative estimate of drug-likeness (QED) is 0.393. The highest BCUT2D eigenvalue weighted by Crippen LogP contribution is 2.28. The number of benzene rings is 1. The van der Waals surface area contributed by atoms with Gasteiger partial charge in [0, 0.05) is 16.8 Å². The van der Waals surface area contributed by atoms with Gasteiger partial charge in [-0.3, -0.25) is 15.2 Å². The van der Waals surface area contributed by atoms with E-state index < -0.39 is 0 Å². The first-order valence-corrected chi connectivity index (χ1v) is 6.90. The number of rotatable bonds is 4. The average Bonchev–Trinajstić information content (AvgIpc) is 2.46. The second kappa shape index (κ2) is 6.56. The zero-order chi connectivity index (χ0) is 13.7. The van der Waals surface area contributed by atoms with Crippen LogP contribution in [0.5, 0.6) is 0 Å². The Morgan fingerprint density at radius 1 is 1.32 bits per heavy atom. The highest BCUT2D eigenvalue weighted by Gasteiger charge is 2.05. The number of carbonyl (C=O) groups excluding carboxylic acids is 1. The second-order valence-electron chi connectivity index (χ2n) is 3.73. The number of amides is 1. The van der Waals surface area contributed by atoms with Crippen LogP contribution >= 0.6 is 23.4 Å². The summed E-state index contributed by atoms with van der Waals surface area (Å²) in [4.78, 5) is 16.5. The van der Waals surface area contributed by atoms with Crippen molar-refractivity contribution in [3.8, 4) is 0 Å². The van der Waals surface area contributed by atoms with Crippen LogP contribution in [0.25, 0.3) is 0 Å². The van der Waals surface area contributed by atoms with Gasteiger partial charge in [0.25, 0.3) is 5.91 Å². The van der Waals surface area contributed by atoms with Gasteiger partial charge in [-0.25, -0.2) is 5.84 Å². The van der Waals surface area contributed by atoms with Crippen molar-refractivity contribution in [1.82, 2.24) is 10.4 Å². The average molecular weight is 294 g/mol. The number of hydrogen-bond acceptors (Lipinski definition) is 4. The van der Waals surface area contributed by atoms with Crippen molar-refractivity contribution in [3.05, 3.63) is 58.9 Å². The molecule has 3 N–H and O–H groups in total. The summed E-state index contributed by atoms with van der Waals surface area (Å²) in [5.41, 5.74) is 3.38. The fourth-order valence-corrected chi connectivity index (χ4v) is 2.60. The SMILES string of the molecule is NNC(=O)c1ccc(CSc2ccccc2Cl)nc1. The first kappa shape index (κ1) is 13.9. The predicted octanol–water partition coefficient (Wildman–Crippen LogP) is 2.63. The van der Waals surface area contributed by atoms with Crippen molar-refractivity contribution in [2.45, 2.75) is 10.6 Å². The smallest absolute Gasteiger partial charge is 0.266 e. The monoisotopic (exact) mass is 293 g/mol. The number of carbonyl (C=O) groups is 1. The number of halogens is 1. The molecule has 0 bridgehead atoms. The molecule has 6 heteroatoms. The van der Waals surface area contributed by atoms with E-state index in [0.717, 1.165) is 15.6 Å². The molecule has 0 fully saturated rings. The van der Waals surface area contributed by atoms with Crippen LogP contribution in [0.2, 0.25) is 5.02 Å². The lowest BCUT2D eigenvalue weighted by Crippen LogP contribution is -2.30. The van der Waals surface area contributed by atoms with Gasteiger partial charge in [0.2, 0.25) is 0 Å². The highest BCUT2D eigenvalue weighted by molar-refractivity contribution is 7.98. The van der Waals surface area contributed by atoms with Crippen molar-refractivity contribution < 1.29 is 4.79 Å². The Morgan fingerprint density at radius 2 is 2.11 bits per heavy atom. The molecule has 2 rings (SSSR count). The van der Waals surface area contributed by atoms with E-state index in [9.17, 15) is 4.79 Å². The Labute approximate surface area is 120 Å². The Kier molecular flexibility index (Phi) is 4.79. The number of hydrogen-bond donors (Lipinski definition) is 2. The number of nitrogens with one attached hydrogen (secondary N) is 1. The summed E-state index contributed by atoms with van der Waals surface area (Å²) in [5.74, 6) is 5.39. The molecule has 0 aliphatic carbocycles. The number of thioether (sulfide) groups is 1. The lowest BCUT2D eigenvalue weighted by Gasteiger charge is -2.04. The van der Waals surface area contributed by atoms with Crippen LogP contribution in [0.15, 0.2) is 47.5 Å². The van der Waals surface area contributed by atoms with Gasteiger partial charge in [0.1, 0.15) is 0 Å². The number of pyridine rings is 1. The van der Waals surface area contributed by atoms with Crippen LogP contribution in [0.4, 0.5) is 0 Å². The molecule has 19 heavy (non-hydrogen) atoms. The fourth-order valence-electron chi connectivity index (χ4n) is 1.44. The fraction of sp³-hybridized carbons (Fsp3) is 0.0769. The minimum absolute atomic E-state index is 0.349. The molecule has 0 saturated carbocycles. The molecule has 1 aromatic carbocycles. The number of aromatic nitrogens is 1. The van der Waals surface area contributed by atoms with Crippen LogP contribution in [-0.2, 0) is 5.75 Å². The summed E-state index contributed by atoms with van der Waals surface area (Å²) < 4.78 is 0. The maximum absolute atomic E-state index is 11.2. The molecular weight excluding hydrogens is 282 g/mol. The van der Waals surface area contributed by atoms with Crippen LogP contribution in [0.3, 0.4) is 0 Å². The Hall–Kier alpha value is -1.56. The zero-order valence-corrected chi connectivity index (χ0v) is 11.5. The van der Waals surface area contributed by atoms with Gasteiger partial charge in [-0.15, -0.1) is 11.8 Å². The first-order chi connectivity index (χ1) is 9.20. The van der Waals surface area contributed by atoms with Gasteiger partial charge in [-0.2, -0.15) is 0 Å². The largest absolute Gasteiger partial charge is 0.290 e. The van der Waals surface area contributed by atoms with Crippen LogP contribution in [-0.4, -0.2) is 10.9 Å². The van der Waals surface area contributed by atoms with Gasteiger partial charge >= 0.3 is 0 Å². The zero-order valence-electron chi connectivity index (χ0n) is 9.97. The minimum atomic E-state index is -0.349. The van der Waals surface area contributed by atoms with E-state index in [-0.39, 0.29) is 5.91 Å². The molecule has 0 saturated heterocycles. The Bertz CT molecular complexity index is 574. The summed E-state index contributed by atoms with van der Waals surface area (Å²) in [6, 6.07) is 11.1. The van der Waals surface area contributed by atoms with E-state index in [1.807, 2.05) is 24.3 Å². The van der Waals surface area contributed by atoms with Gasteiger partial charge in [0.15, 0.2) is 0 Å². The lowest BCUT2D eigenvalue weighted by molar-refractivity contribution is 0.0953. The van der Waals surface area contributed by atoms with E-state index in [1.54, 1.807) is 23.9 Å². The Balaban J connectivity index is 2.01. The third-order valence-electron chi connectivity index (χ3n) is 2.43. The first-order valence-electron chi connectivity index (χ1n) is 5.54. The third-order valence-corrected chi connectivity index (χ3v) is 3.98. The number of nitrogens with two attached hydrogens (primary N) is 1. The van der Waals surface area contributed by atoms with Crippen molar-refractivity contribution in [1.29, 1.82) is 0 Å². The van der Waals surface area contributed by atoms with Crippen molar-refractivity contribution >= 4 is 29.3 Å². The van der Waals surface area contributed by atoms with Gasteiger partial charge in [-0.1, -0.05) is 23.7 Å². The number of hydrazine groups is 1. The molecule has 0 spiro atoms. The van der Waals surface area contributed by atoms with Crippen LogP contribution < -0.4 is 11.3 Å². The van der Waals surface area contributed by atoms with E-state index >= 15 is 0 Å². The van der Waals surface area contributed by atoms with Crippen LogP contribution in [0.1, 0.15) is 16.1 Å². The number of nitrogens with zero attached hydrogens (tertiary/aromatic N) is 1. The van der Waals surface area contributed by atoms with Crippen molar-refractivity contribution in [2.75, 3.05) is 0 Å². The predicted molar refractivity (Wildman–Crippen MR) is 76.9 cm³/mol. The van der Waals surface area contributed by atoms with E-state index in [2.05, 4.69) is 10.4 Å². The van der Waals surface area contributed by atoms with Gasteiger partial charge in [0.05, 0.1) is 16.3 Å². The summed E-state index contributed by atoms with van der Waals surface area (Å²) in [5, 5.41) is 0.728. The standard InChI is InChI=1S/C13H12ClN3OS/c14-11-3-1-2-4-12(11)19-8-10-6-5-9(7-16-10)13(18)17-15/h1-7H,8,15H2,(H,17,18). The van der Waals surface area contributed by atoms with Gasteiger partial charge in [-0.05, 0) is 24.3 Å². The summed E-state index contributed by atoms with van der Waals surface area (Å²) in [6.07, 6.45) is 1.50. The number of nitrogen functional groups attached to an aromatic ring is 1. The summed E-state index contributed by atoms with van der Waals surface area (Å²) >= 11 is 7.67. The highest BCUT2D eigenvalue weighted by atomic mass is 35.5. The van der Waals surface area contributed by atoms with E-state index in [0.29, 0.717) is 11.3 Å². The van der Waals surface area contributed by atoms with Gasteiger partial charge < -0.3 is 0 Å². The molecule has 0 aliphatic rings. The molecule has 0 aliphatic heterocycles. The summed E-state index contributed by atoms with van der Waals surface area (Å²) in [7, 11) is 0. The molecule has 98 valence electrons. The molecule has 0 atom stereocenters. The molecular formula is C13H12ClN3OS. The lowest BCUT2D eigenvalue weighted by atomic mass is 10.2. The van der Waals surface area contributed by atoms with E-state index in [4.69, 9.17) is 17.4 Å². The molecule has 0 unspecified atom stereocenters. The van der Waals surface area contributed by atoms with Crippen molar-refractivity contribution in [3.63, 3.8) is 0 Å². The topological polar surface area (TPSA) is 68.0 Å². The van der Waals surface area contributed by atoms with Crippen LogP contribution in [0, 0.1) is 0 Å². The summed E-state index contributed by atoms with van der Waals surface area (Å²) in [6.45, 7) is 0.